The lowest BCUT2D eigenvalue weighted by Crippen LogP contribution is -1.97. The maximum Gasteiger partial charge on any atom is 0.284 e. The number of rotatable bonds is 3. The van der Waals surface area contributed by atoms with E-state index in [1.165, 1.54) is 18.2 Å². The molecule has 0 N–H and O–H groups in total. The lowest BCUT2D eigenvalue weighted by atomic mass is 10.0. The summed E-state index contributed by atoms with van der Waals surface area (Å²) < 4.78 is 0. The van der Waals surface area contributed by atoms with Gasteiger partial charge in [0.2, 0.25) is 0 Å². The molecule has 0 aromatic heterocycles. The van der Waals surface area contributed by atoms with Gasteiger partial charge in [0.1, 0.15) is 5.56 Å². The highest BCUT2D eigenvalue weighted by Crippen LogP contribution is 2.37. The topological polar surface area (TPSA) is 86.3 Å². The molecule has 0 unspecified atom stereocenters. The van der Waals surface area contributed by atoms with E-state index in [0.717, 1.165) is 0 Å². The highest BCUT2D eigenvalue weighted by atomic mass is 16.6. The predicted octanol–water partition coefficient (Wildman–Crippen LogP) is 3.17. The number of hydrogen-bond acceptors (Lipinski definition) is 4. The maximum atomic E-state index is 11.0. The second-order valence-electron chi connectivity index (χ2n) is 3.55. The van der Waals surface area contributed by atoms with Gasteiger partial charge in [-0.15, -0.1) is 0 Å². The van der Waals surface area contributed by atoms with Gasteiger partial charge < -0.3 is 0 Å². The number of nitro benzene ring substituents is 2. The van der Waals surface area contributed by atoms with E-state index >= 15 is 0 Å². The van der Waals surface area contributed by atoms with Crippen LogP contribution in [0.5, 0.6) is 0 Å². The van der Waals surface area contributed by atoms with Gasteiger partial charge in [-0.3, -0.25) is 20.2 Å². The Bertz CT molecular complexity index is 578. The average molecular weight is 244 g/mol. The first-order valence-electron chi connectivity index (χ1n) is 5.08. The molecule has 0 aliphatic carbocycles. The van der Waals surface area contributed by atoms with Crippen molar-refractivity contribution in [3.63, 3.8) is 0 Å². The minimum absolute atomic E-state index is 0.0353. The number of nitrogens with zero attached hydrogens (tertiary/aromatic N) is 2. The van der Waals surface area contributed by atoms with Gasteiger partial charge in [0, 0.05) is 12.1 Å². The third-order valence-corrected chi connectivity index (χ3v) is 2.48. The number of nitro groups is 2. The average Bonchev–Trinajstić information content (AvgIpc) is 2.38. The number of benzene rings is 2. The minimum Gasteiger partial charge on any atom is -0.258 e. The Kier molecular flexibility index (Phi) is 3.01. The molecule has 2 aromatic carbocycles. The molecule has 0 atom stereocenters. The van der Waals surface area contributed by atoms with E-state index in [1.807, 2.05) is 0 Å². The van der Waals surface area contributed by atoms with Crippen molar-refractivity contribution in [1.82, 2.24) is 0 Å². The molecule has 0 amide bonds. The van der Waals surface area contributed by atoms with Crippen molar-refractivity contribution in [2.24, 2.45) is 0 Å². The molecule has 0 aliphatic rings. The first kappa shape index (κ1) is 11.7. The van der Waals surface area contributed by atoms with Crippen LogP contribution >= 0.6 is 0 Å². The summed E-state index contributed by atoms with van der Waals surface area (Å²) in [5.41, 5.74) is -0.0459. The van der Waals surface area contributed by atoms with E-state index in [0.29, 0.717) is 5.56 Å². The summed E-state index contributed by atoms with van der Waals surface area (Å²) in [6.45, 7) is 0. The summed E-state index contributed by atoms with van der Waals surface area (Å²) in [5.74, 6) is 0. The molecule has 0 spiro atoms. The Morgan fingerprint density at radius 1 is 0.722 bits per heavy atom. The quantitative estimate of drug-likeness (QED) is 0.612. The molecule has 0 bridgehead atoms. The molecule has 0 saturated carbocycles. The lowest BCUT2D eigenvalue weighted by Gasteiger charge is -2.03. The van der Waals surface area contributed by atoms with Crippen LogP contribution in [0.25, 0.3) is 11.1 Å². The summed E-state index contributed by atoms with van der Waals surface area (Å²) in [4.78, 5) is 20.7. The first-order chi connectivity index (χ1) is 8.61. The van der Waals surface area contributed by atoms with Crippen molar-refractivity contribution < 1.29 is 9.85 Å². The highest BCUT2D eigenvalue weighted by Gasteiger charge is 2.25. The summed E-state index contributed by atoms with van der Waals surface area (Å²) in [6, 6.07) is 12.1. The van der Waals surface area contributed by atoms with E-state index in [9.17, 15) is 20.2 Å². The molecule has 90 valence electrons. The molecule has 2 rings (SSSR count). The molecule has 0 fully saturated rings. The predicted molar refractivity (Wildman–Crippen MR) is 65.2 cm³/mol. The molecule has 0 radical (unpaired) electrons. The Hall–Kier alpha value is -2.76. The fraction of sp³-hybridized carbons (Fsp3) is 0. The third kappa shape index (κ3) is 2.03. The lowest BCUT2D eigenvalue weighted by molar-refractivity contribution is -0.392. The second kappa shape index (κ2) is 4.62. The van der Waals surface area contributed by atoms with E-state index in [4.69, 9.17) is 0 Å². The second-order valence-corrected chi connectivity index (χ2v) is 3.55. The van der Waals surface area contributed by atoms with Crippen LogP contribution in [0, 0.1) is 20.2 Å². The largest absolute Gasteiger partial charge is 0.284 e. The molecular formula is C12H8N2O4. The zero-order chi connectivity index (χ0) is 13.1. The van der Waals surface area contributed by atoms with E-state index < -0.39 is 9.85 Å². The van der Waals surface area contributed by atoms with Crippen molar-refractivity contribution in [1.29, 1.82) is 0 Å². The van der Waals surface area contributed by atoms with Crippen molar-refractivity contribution in [2.75, 3.05) is 0 Å². The summed E-state index contributed by atoms with van der Waals surface area (Å²) in [5, 5.41) is 21.9. The monoisotopic (exact) mass is 244 g/mol. The third-order valence-electron chi connectivity index (χ3n) is 2.48. The van der Waals surface area contributed by atoms with Gasteiger partial charge in [-0.25, -0.2) is 0 Å². The summed E-state index contributed by atoms with van der Waals surface area (Å²) >= 11 is 0. The minimum atomic E-state index is -0.616. The zero-order valence-corrected chi connectivity index (χ0v) is 9.15. The normalized spacial score (nSPS) is 10.0. The Morgan fingerprint density at radius 2 is 1.22 bits per heavy atom. The van der Waals surface area contributed by atoms with Crippen LogP contribution in [0.4, 0.5) is 11.4 Å². The van der Waals surface area contributed by atoms with Crippen molar-refractivity contribution >= 4 is 11.4 Å². The van der Waals surface area contributed by atoms with Gasteiger partial charge in [0.15, 0.2) is 0 Å². The molecule has 0 aliphatic heterocycles. The van der Waals surface area contributed by atoms with Crippen LogP contribution in [0.2, 0.25) is 0 Å². The number of hydrogen-bond donors (Lipinski definition) is 0. The SMILES string of the molecule is O=[N+]([O-])c1cccc([N+](=O)[O-])c1-c1ccccc1. The van der Waals surface area contributed by atoms with Gasteiger partial charge in [-0.2, -0.15) is 0 Å². The molecular weight excluding hydrogens is 236 g/mol. The highest BCUT2D eigenvalue weighted by molar-refractivity contribution is 5.81. The fourth-order valence-corrected chi connectivity index (χ4v) is 1.73. The molecule has 6 heteroatoms. The van der Waals surface area contributed by atoms with Crippen molar-refractivity contribution in [2.45, 2.75) is 0 Å². The standard InChI is InChI=1S/C12H8N2O4/c15-13(16)10-7-4-8-11(14(17)18)12(10)9-5-2-1-3-6-9/h1-8H. The van der Waals surface area contributed by atoms with Crippen LogP contribution in [-0.4, -0.2) is 9.85 Å². The van der Waals surface area contributed by atoms with Gasteiger partial charge in [0.05, 0.1) is 9.85 Å². The molecule has 6 nitrogen and oxygen atoms in total. The maximum absolute atomic E-state index is 11.0. The Labute approximate surface area is 102 Å². The van der Waals surface area contributed by atoms with Gasteiger partial charge in [-0.05, 0) is 11.6 Å². The molecule has 2 aromatic rings. The Morgan fingerprint density at radius 3 is 1.67 bits per heavy atom. The van der Waals surface area contributed by atoms with Crippen LogP contribution in [-0.2, 0) is 0 Å². The molecule has 0 heterocycles. The molecule has 0 saturated heterocycles. The van der Waals surface area contributed by atoms with Crippen LogP contribution < -0.4 is 0 Å². The van der Waals surface area contributed by atoms with E-state index in [2.05, 4.69) is 0 Å². The van der Waals surface area contributed by atoms with Crippen LogP contribution in [0.15, 0.2) is 48.5 Å². The van der Waals surface area contributed by atoms with Crippen molar-refractivity contribution in [3.8, 4) is 11.1 Å². The van der Waals surface area contributed by atoms with E-state index in [1.54, 1.807) is 30.3 Å². The van der Waals surface area contributed by atoms with Crippen LogP contribution in [0.1, 0.15) is 0 Å². The van der Waals surface area contributed by atoms with Crippen LogP contribution in [0.3, 0.4) is 0 Å². The first-order valence-corrected chi connectivity index (χ1v) is 5.08. The Balaban J connectivity index is 2.77. The fourth-order valence-electron chi connectivity index (χ4n) is 1.73. The van der Waals surface area contributed by atoms with Gasteiger partial charge in [0.25, 0.3) is 11.4 Å². The van der Waals surface area contributed by atoms with Gasteiger partial charge >= 0.3 is 0 Å². The summed E-state index contributed by atoms with van der Waals surface area (Å²) in [7, 11) is 0. The zero-order valence-electron chi connectivity index (χ0n) is 9.15. The van der Waals surface area contributed by atoms with Gasteiger partial charge in [-0.1, -0.05) is 30.3 Å². The van der Waals surface area contributed by atoms with E-state index in [-0.39, 0.29) is 16.9 Å². The summed E-state index contributed by atoms with van der Waals surface area (Å²) in [6.07, 6.45) is 0. The molecule has 18 heavy (non-hydrogen) atoms. The smallest absolute Gasteiger partial charge is 0.258 e. The van der Waals surface area contributed by atoms with Crippen molar-refractivity contribution in [3.05, 3.63) is 68.8 Å².